The van der Waals surface area contributed by atoms with Crippen LogP contribution in [0.2, 0.25) is 5.02 Å². The quantitative estimate of drug-likeness (QED) is 0.805. The lowest BCUT2D eigenvalue weighted by molar-refractivity contribution is 0.373. The summed E-state index contributed by atoms with van der Waals surface area (Å²) in [6.45, 7) is 4.31. The lowest BCUT2D eigenvalue weighted by Gasteiger charge is -2.38. The van der Waals surface area contributed by atoms with Gasteiger partial charge in [-0.25, -0.2) is 0 Å². The molecule has 0 amide bonds. The number of aryl methyl sites for hydroxylation is 2. The van der Waals surface area contributed by atoms with Gasteiger partial charge in [0.15, 0.2) is 0 Å². The number of hydrogen-bond donors (Lipinski definition) is 1. The van der Waals surface area contributed by atoms with E-state index in [1.807, 2.05) is 12.1 Å². The zero-order valence-electron chi connectivity index (χ0n) is 12.0. The van der Waals surface area contributed by atoms with Crippen LogP contribution < -0.4 is 5.32 Å². The topological polar surface area (TPSA) is 12.0 Å². The van der Waals surface area contributed by atoms with Gasteiger partial charge in [0, 0.05) is 6.04 Å². The fourth-order valence-corrected chi connectivity index (χ4v) is 3.33. The normalized spacial score (nSPS) is 21.4. The minimum absolute atomic E-state index is 0.540. The third-order valence-corrected chi connectivity index (χ3v) is 4.65. The predicted molar refractivity (Wildman–Crippen MR) is 86.8 cm³/mol. The van der Waals surface area contributed by atoms with Gasteiger partial charge in [-0.3, -0.25) is 0 Å². The SMILES string of the molecule is Cc1ccccc1C1CC(Nc2c(C)cccc2Cl)C1. The van der Waals surface area contributed by atoms with E-state index >= 15 is 0 Å². The summed E-state index contributed by atoms with van der Waals surface area (Å²) in [4.78, 5) is 0. The van der Waals surface area contributed by atoms with Crippen LogP contribution in [0, 0.1) is 13.8 Å². The van der Waals surface area contributed by atoms with Crippen LogP contribution in [0.1, 0.15) is 35.4 Å². The van der Waals surface area contributed by atoms with Crippen LogP contribution in [0.3, 0.4) is 0 Å². The fourth-order valence-electron chi connectivity index (χ4n) is 3.05. The van der Waals surface area contributed by atoms with Crippen LogP contribution in [0.15, 0.2) is 42.5 Å². The van der Waals surface area contributed by atoms with Crippen molar-refractivity contribution in [3.05, 3.63) is 64.2 Å². The van der Waals surface area contributed by atoms with Crippen LogP contribution in [-0.4, -0.2) is 6.04 Å². The van der Waals surface area contributed by atoms with Gasteiger partial charge in [0.05, 0.1) is 10.7 Å². The summed E-state index contributed by atoms with van der Waals surface area (Å²) in [6, 6.07) is 15.3. The smallest absolute Gasteiger partial charge is 0.0640 e. The fraction of sp³-hybridized carbons (Fsp3) is 0.333. The number of rotatable bonds is 3. The zero-order chi connectivity index (χ0) is 14.1. The summed E-state index contributed by atoms with van der Waals surface area (Å²) >= 11 is 6.27. The standard InChI is InChI=1S/C18H20ClN/c1-12-6-3-4-8-16(12)14-10-15(11-14)20-18-13(2)7-5-9-17(18)19/h3-9,14-15,20H,10-11H2,1-2H3. The molecule has 20 heavy (non-hydrogen) atoms. The molecule has 0 unspecified atom stereocenters. The first-order valence-electron chi connectivity index (χ1n) is 7.22. The molecule has 2 aromatic carbocycles. The molecule has 0 aliphatic heterocycles. The van der Waals surface area contributed by atoms with Gasteiger partial charge in [0.25, 0.3) is 0 Å². The predicted octanol–water partition coefficient (Wildman–Crippen LogP) is 5.31. The first-order valence-corrected chi connectivity index (χ1v) is 7.60. The van der Waals surface area contributed by atoms with Crippen molar-refractivity contribution in [2.45, 2.75) is 38.6 Å². The van der Waals surface area contributed by atoms with E-state index in [0.29, 0.717) is 12.0 Å². The number of halogens is 1. The summed E-state index contributed by atoms with van der Waals surface area (Å²) in [5.74, 6) is 0.691. The Morgan fingerprint density at radius 1 is 0.950 bits per heavy atom. The van der Waals surface area contributed by atoms with Crippen molar-refractivity contribution in [1.82, 2.24) is 0 Å². The molecule has 1 N–H and O–H groups in total. The molecule has 0 bridgehead atoms. The van der Waals surface area contributed by atoms with Gasteiger partial charge in [-0.2, -0.15) is 0 Å². The number of benzene rings is 2. The van der Waals surface area contributed by atoms with Crippen molar-refractivity contribution in [3.63, 3.8) is 0 Å². The maximum absolute atomic E-state index is 6.27. The minimum Gasteiger partial charge on any atom is -0.381 e. The molecule has 2 aromatic rings. The molecule has 2 heteroatoms. The van der Waals surface area contributed by atoms with Gasteiger partial charge in [0.1, 0.15) is 0 Å². The zero-order valence-corrected chi connectivity index (χ0v) is 12.7. The molecule has 1 nitrogen and oxygen atoms in total. The Kier molecular flexibility index (Phi) is 3.71. The maximum atomic E-state index is 6.27. The largest absolute Gasteiger partial charge is 0.381 e. The van der Waals surface area contributed by atoms with Crippen molar-refractivity contribution in [3.8, 4) is 0 Å². The van der Waals surface area contributed by atoms with Crippen LogP contribution in [0.4, 0.5) is 5.69 Å². The van der Waals surface area contributed by atoms with Crippen LogP contribution in [0.5, 0.6) is 0 Å². The Hall–Kier alpha value is -1.47. The molecule has 0 aromatic heterocycles. The lowest BCUT2D eigenvalue weighted by atomic mass is 9.74. The highest BCUT2D eigenvalue weighted by Crippen LogP contribution is 2.41. The second-order valence-electron chi connectivity index (χ2n) is 5.80. The molecule has 0 heterocycles. The van der Waals surface area contributed by atoms with Crippen LogP contribution in [-0.2, 0) is 0 Å². The molecular formula is C18H20ClN. The van der Waals surface area contributed by atoms with E-state index in [0.717, 1.165) is 10.7 Å². The molecule has 3 rings (SSSR count). The molecule has 0 saturated heterocycles. The van der Waals surface area contributed by atoms with Crippen molar-refractivity contribution in [1.29, 1.82) is 0 Å². The molecular weight excluding hydrogens is 266 g/mol. The minimum atomic E-state index is 0.540. The van der Waals surface area contributed by atoms with Crippen molar-refractivity contribution in [2.75, 3.05) is 5.32 Å². The van der Waals surface area contributed by atoms with Gasteiger partial charge < -0.3 is 5.32 Å². The number of anilines is 1. The number of para-hydroxylation sites is 1. The molecule has 1 fully saturated rings. The summed E-state index contributed by atoms with van der Waals surface area (Å²) in [5, 5.41) is 4.43. The van der Waals surface area contributed by atoms with Gasteiger partial charge in [0.2, 0.25) is 0 Å². The number of hydrogen-bond acceptors (Lipinski definition) is 1. The monoisotopic (exact) mass is 285 g/mol. The Labute approximate surface area is 126 Å². The summed E-state index contributed by atoms with van der Waals surface area (Å²) in [7, 11) is 0. The third-order valence-electron chi connectivity index (χ3n) is 4.34. The van der Waals surface area contributed by atoms with E-state index in [1.165, 1.54) is 29.5 Å². The Balaban J connectivity index is 1.66. The molecule has 0 spiro atoms. The maximum Gasteiger partial charge on any atom is 0.0640 e. The summed E-state index contributed by atoms with van der Waals surface area (Å²) in [5.41, 5.74) is 5.23. The molecule has 0 atom stereocenters. The van der Waals surface area contributed by atoms with E-state index in [-0.39, 0.29) is 0 Å². The molecule has 1 saturated carbocycles. The summed E-state index contributed by atoms with van der Waals surface area (Å²) in [6.07, 6.45) is 2.38. The highest BCUT2D eigenvalue weighted by atomic mass is 35.5. The second-order valence-corrected chi connectivity index (χ2v) is 6.21. The average Bonchev–Trinajstić information content (AvgIpc) is 2.37. The van der Waals surface area contributed by atoms with Gasteiger partial charge in [-0.1, -0.05) is 48.0 Å². The first kappa shape index (κ1) is 13.5. The Bertz CT molecular complexity index is 594. The Morgan fingerprint density at radius 3 is 2.35 bits per heavy atom. The summed E-state index contributed by atoms with van der Waals surface area (Å²) < 4.78 is 0. The van der Waals surface area contributed by atoms with Crippen LogP contribution in [0.25, 0.3) is 0 Å². The van der Waals surface area contributed by atoms with Gasteiger partial charge >= 0.3 is 0 Å². The van der Waals surface area contributed by atoms with Gasteiger partial charge in [-0.15, -0.1) is 0 Å². The van der Waals surface area contributed by atoms with Crippen molar-refractivity contribution >= 4 is 17.3 Å². The van der Waals surface area contributed by atoms with E-state index < -0.39 is 0 Å². The number of nitrogens with one attached hydrogen (secondary N) is 1. The van der Waals surface area contributed by atoms with Gasteiger partial charge in [-0.05, 0) is 55.4 Å². The van der Waals surface area contributed by atoms with Crippen LogP contribution >= 0.6 is 11.6 Å². The average molecular weight is 286 g/mol. The van der Waals surface area contributed by atoms with E-state index in [4.69, 9.17) is 11.6 Å². The second kappa shape index (κ2) is 5.49. The van der Waals surface area contributed by atoms with E-state index in [1.54, 1.807) is 0 Å². The first-order chi connectivity index (χ1) is 9.65. The lowest BCUT2D eigenvalue weighted by Crippen LogP contribution is -2.34. The van der Waals surface area contributed by atoms with E-state index in [2.05, 4.69) is 49.5 Å². The van der Waals surface area contributed by atoms with Crippen molar-refractivity contribution in [2.24, 2.45) is 0 Å². The highest BCUT2D eigenvalue weighted by Gasteiger charge is 2.31. The Morgan fingerprint density at radius 2 is 1.65 bits per heavy atom. The molecule has 104 valence electrons. The third kappa shape index (κ3) is 2.55. The van der Waals surface area contributed by atoms with Crippen molar-refractivity contribution < 1.29 is 0 Å². The molecule has 1 aliphatic rings. The highest BCUT2D eigenvalue weighted by molar-refractivity contribution is 6.33. The molecule has 0 radical (unpaired) electrons. The molecule has 1 aliphatic carbocycles. The van der Waals surface area contributed by atoms with E-state index in [9.17, 15) is 0 Å².